The van der Waals surface area contributed by atoms with E-state index in [9.17, 15) is 14.7 Å². The van der Waals surface area contributed by atoms with Gasteiger partial charge >= 0.3 is 11.9 Å². The topological polar surface area (TPSA) is 82.1 Å². The minimum Gasteiger partial charge on any atom is -0.493 e. The molecule has 1 aromatic carbocycles. The van der Waals surface area contributed by atoms with Crippen LogP contribution in [0, 0.1) is 5.92 Å². The summed E-state index contributed by atoms with van der Waals surface area (Å²) in [5.41, 5.74) is 1.27. The summed E-state index contributed by atoms with van der Waals surface area (Å²) in [5, 5.41) is 9.30. The zero-order chi connectivity index (χ0) is 14.3. The van der Waals surface area contributed by atoms with E-state index in [2.05, 4.69) is 0 Å². The van der Waals surface area contributed by atoms with Crippen molar-refractivity contribution in [2.24, 2.45) is 5.92 Å². The lowest BCUT2D eigenvalue weighted by Crippen LogP contribution is -2.38. The molecule has 0 amide bonds. The Kier molecular flexibility index (Phi) is 2.85. The molecule has 0 saturated carbocycles. The highest BCUT2D eigenvalue weighted by molar-refractivity contribution is 5.97. The number of hydrogen-bond acceptors (Lipinski definition) is 5. The number of rotatable bonds is 2. The molecule has 1 aromatic rings. The molecule has 2 aliphatic heterocycles. The number of esters is 1. The van der Waals surface area contributed by atoms with Crippen LogP contribution >= 0.6 is 0 Å². The number of methoxy groups -OCH3 is 1. The fraction of sp³-hybridized carbons (Fsp3) is 0.286. The molecule has 6 nitrogen and oxygen atoms in total. The fourth-order valence-electron chi connectivity index (χ4n) is 2.63. The van der Waals surface area contributed by atoms with E-state index >= 15 is 0 Å². The summed E-state index contributed by atoms with van der Waals surface area (Å²) >= 11 is 0. The highest BCUT2D eigenvalue weighted by atomic mass is 16.5. The molecule has 1 N–H and O–H groups in total. The Morgan fingerprint density at radius 3 is 2.95 bits per heavy atom. The van der Waals surface area contributed by atoms with Crippen LogP contribution in [0.15, 0.2) is 30.0 Å². The van der Waals surface area contributed by atoms with Crippen LogP contribution in [0.5, 0.6) is 11.5 Å². The number of carbonyl (C=O) groups is 2. The van der Waals surface area contributed by atoms with Crippen LogP contribution in [-0.2, 0) is 14.3 Å². The highest BCUT2D eigenvalue weighted by Gasteiger charge is 2.45. The maximum atomic E-state index is 11.7. The maximum absolute atomic E-state index is 11.7. The van der Waals surface area contributed by atoms with Gasteiger partial charge in [-0.3, -0.25) is 9.59 Å². The zero-order valence-corrected chi connectivity index (χ0v) is 10.7. The number of hydrogen-bond donors (Lipinski definition) is 1. The van der Waals surface area contributed by atoms with Gasteiger partial charge in [0.1, 0.15) is 6.61 Å². The van der Waals surface area contributed by atoms with Crippen molar-refractivity contribution in [1.82, 2.24) is 0 Å². The van der Waals surface area contributed by atoms with Crippen molar-refractivity contribution in [3.05, 3.63) is 35.6 Å². The Balaban J connectivity index is 2.16. The van der Waals surface area contributed by atoms with E-state index < -0.39 is 23.8 Å². The SMILES string of the molecule is COc1cccc2c1OCC1=COC(=O)C(C(=O)O)C12. The number of carboxylic acid groups (broad SMARTS) is 1. The van der Waals surface area contributed by atoms with Gasteiger partial charge in [-0.15, -0.1) is 0 Å². The summed E-state index contributed by atoms with van der Waals surface area (Å²) in [4.78, 5) is 23.1. The molecule has 0 spiro atoms. The number of para-hydroxylation sites is 1. The van der Waals surface area contributed by atoms with Crippen LogP contribution in [0.4, 0.5) is 0 Å². The monoisotopic (exact) mass is 276 g/mol. The molecule has 2 heterocycles. The number of benzene rings is 1. The van der Waals surface area contributed by atoms with E-state index in [0.29, 0.717) is 22.6 Å². The first-order valence-corrected chi connectivity index (χ1v) is 6.05. The predicted octanol–water partition coefficient (Wildman–Crippen LogP) is 1.31. The van der Waals surface area contributed by atoms with E-state index in [-0.39, 0.29) is 6.61 Å². The second kappa shape index (κ2) is 4.56. The summed E-state index contributed by atoms with van der Waals surface area (Å²) in [6, 6.07) is 5.21. The van der Waals surface area contributed by atoms with Gasteiger partial charge in [0.25, 0.3) is 0 Å². The van der Waals surface area contributed by atoms with E-state index in [0.717, 1.165) is 0 Å². The van der Waals surface area contributed by atoms with E-state index in [1.165, 1.54) is 13.4 Å². The summed E-state index contributed by atoms with van der Waals surface area (Å²) in [7, 11) is 1.51. The average molecular weight is 276 g/mol. The Morgan fingerprint density at radius 1 is 1.45 bits per heavy atom. The lowest BCUT2D eigenvalue weighted by Gasteiger charge is -2.34. The van der Waals surface area contributed by atoms with E-state index in [1.807, 2.05) is 0 Å². The van der Waals surface area contributed by atoms with Gasteiger partial charge in [-0.05, 0) is 6.07 Å². The molecule has 0 aliphatic carbocycles. The molecular weight excluding hydrogens is 264 g/mol. The maximum Gasteiger partial charge on any atom is 0.326 e. The molecule has 0 aromatic heterocycles. The summed E-state index contributed by atoms with van der Waals surface area (Å²) < 4.78 is 15.6. The second-order valence-electron chi connectivity index (χ2n) is 4.59. The number of ether oxygens (including phenoxy) is 3. The van der Waals surface area contributed by atoms with Gasteiger partial charge in [0.15, 0.2) is 17.4 Å². The van der Waals surface area contributed by atoms with Crippen LogP contribution in [0.3, 0.4) is 0 Å². The van der Waals surface area contributed by atoms with Gasteiger partial charge in [-0.1, -0.05) is 12.1 Å². The minimum absolute atomic E-state index is 0.176. The van der Waals surface area contributed by atoms with Gasteiger partial charge in [0, 0.05) is 17.1 Å². The molecule has 2 unspecified atom stereocenters. The number of carbonyl (C=O) groups excluding carboxylic acids is 1. The van der Waals surface area contributed by atoms with Crippen molar-refractivity contribution < 1.29 is 28.9 Å². The second-order valence-corrected chi connectivity index (χ2v) is 4.59. The third kappa shape index (κ3) is 1.72. The van der Waals surface area contributed by atoms with Crippen molar-refractivity contribution in [2.45, 2.75) is 5.92 Å². The predicted molar refractivity (Wildman–Crippen MR) is 66.5 cm³/mol. The zero-order valence-electron chi connectivity index (χ0n) is 10.7. The lowest BCUT2D eigenvalue weighted by atomic mass is 9.78. The third-order valence-electron chi connectivity index (χ3n) is 3.53. The van der Waals surface area contributed by atoms with E-state index in [4.69, 9.17) is 14.2 Å². The van der Waals surface area contributed by atoms with Crippen LogP contribution in [0.1, 0.15) is 11.5 Å². The quantitative estimate of drug-likeness (QED) is 0.648. The molecule has 0 radical (unpaired) electrons. The largest absolute Gasteiger partial charge is 0.493 e. The Bertz CT molecular complexity index is 618. The number of fused-ring (bicyclic) bond motifs is 3. The van der Waals surface area contributed by atoms with Crippen molar-refractivity contribution in [1.29, 1.82) is 0 Å². The van der Waals surface area contributed by atoms with Gasteiger partial charge in [-0.2, -0.15) is 0 Å². The molecule has 0 bridgehead atoms. The molecule has 0 saturated heterocycles. The van der Waals surface area contributed by atoms with Gasteiger partial charge in [0.05, 0.1) is 13.4 Å². The number of aliphatic carboxylic acids is 1. The van der Waals surface area contributed by atoms with Crippen LogP contribution in [0.25, 0.3) is 0 Å². The Morgan fingerprint density at radius 2 is 2.25 bits per heavy atom. The van der Waals surface area contributed by atoms with Crippen molar-refractivity contribution in [3.63, 3.8) is 0 Å². The van der Waals surface area contributed by atoms with Crippen molar-refractivity contribution >= 4 is 11.9 Å². The highest BCUT2D eigenvalue weighted by Crippen LogP contribution is 2.47. The van der Waals surface area contributed by atoms with Gasteiger partial charge in [-0.25, -0.2) is 0 Å². The Labute approximate surface area is 114 Å². The smallest absolute Gasteiger partial charge is 0.326 e. The molecule has 6 heteroatoms. The van der Waals surface area contributed by atoms with E-state index in [1.54, 1.807) is 18.2 Å². The van der Waals surface area contributed by atoms with Crippen molar-refractivity contribution in [3.8, 4) is 11.5 Å². The van der Waals surface area contributed by atoms with Gasteiger partial charge in [0.2, 0.25) is 0 Å². The van der Waals surface area contributed by atoms with Crippen LogP contribution < -0.4 is 9.47 Å². The summed E-state index contributed by atoms with van der Waals surface area (Å²) in [6.45, 7) is 0.176. The number of carboxylic acids is 1. The molecular formula is C14H12O6. The molecule has 20 heavy (non-hydrogen) atoms. The molecule has 2 aliphatic rings. The molecule has 0 fully saturated rings. The standard InChI is InChI=1S/C14H12O6/c1-18-9-4-2-3-8-10-7(5-19-12(8)9)6-20-14(17)11(10)13(15)16/h2-4,6,10-11H,5H2,1H3,(H,15,16). The first-order chi connectivity index (χ1) is 9.63. The fourth-order valence-corrected chi connectivity index (χ4v) is 2.63. The first kappa shape index (κ1) is 12.5. The van der Waals surface area contributed by atoms with Crippen molar-refractivity contribution in [2.75, 3.05) is 13.7 Å². The molecule has 2 atom stereocenters. The normalized spacial score (nSPS) is 23.6. The van der Waals surface area contributed by atoms with Crippen LogP contribution in [0.2, 0.25) is 0 Å². The van der Waals surface area contributed by atoms with Gasteiger partial charge < -0.3 is 19.3 Å². The summed E-state index contributed by atoms with van der Waals surface area (Å²) in [5.74, 6) is -2.80. The average Bonchev–Trinajstić information content (AvgIpc) is 2.45. The Hall–Kier alpha value is -2.50. The molecule has 104 valence electrons. The third-order valence-corrected chi connectivity index (χ3v) is 3.53. The lowest BCUT2D eigenvalue weighted by molar-refractivity contribution is -0.157. The summed E-state index contributed by atoms with van der Waals surface area (Å²) in [6.07, 6.45) is 1.29. The number of cyclic esters (lactones) is 1. The first-order valence-electron chi connectivity index (χ1n) is 6.05. The molecule has 3 rings (SSSR count). The van der Waals surface area contributed by atoms with Crippen LogP contribution in [-0.4, -0.2) is 30.8 Å². The minimum atomic E-state index is -1.26.